The first-order valence-electron chi connectivity index (χ1n) is 14.7. The molecule has 0 aliphatic carbocycles. The van der Waals surface area contributed by atoms with E-state index in [1.807, 2.05) is 0 Å². The lowest BCUT2D eigenvalue weighted by atomic mass is 9.98. The molecule has 256 valence electrons. The van der Waals surface area contributed by atoms with Crippen LogP contribution in [0.25, 0.3) is 0 Å². The molecule has 1 fully saturated rings. The lowest BCUT2D eigenvalue weighted by Crippen LogP contribution is -2.63. The molecule has 1 aromatic carbocycles. The van der Waals surface area contributed by atoms with Gasteiger partial charge in [0.25, 0.3) is 10.1 Å². The van der Waals surface area contributed by atoms with Gasteiger partial charge in [-0.15, -0.1) is 0 Å². The molecule has 6 unspecified atom stereocenters. The number of esters is 1. The van der Waals surface area contributed by atoms with Crippen molar-refractivity contribution in [2.24, 2.45) is 11.8 Å². The van der Waals surface area contributed by atoms with E-state index in [1.165, 1.54) is 6.92 Å². The fraction of sp³-hybridized carbons (Fsp3) is 0.586. The summed E-state index contributed by atoms with van der Waals surface area (Å²) in [5, 5.41) is 22.4. The van der Waals surface area contributed by atoms with E-state index in [-0.39, 0.29) is 19.4 Å². The van der Waals surface area contributed by atoms with Crippen molar-refractivity contribution < 1.29 is 51.6 Å². The summed E-state index contributed by atoms with van der Waals surface area (Å²) in [4.78, 5) is 77.8. The first kappa shape index (κ1) is 38.1. The largest absolute Gasteiger partial charge is 0.460 e. The highest BCUT2D eigenvalue weighted by atomic mass is 32.2. The molecule has 0 spiro atoms. The van der Waals surface area contributed by atoms with Crippen molar-refractivity contribution >= 4 is 45.6 Å². The van der Waals surface area contributed by atoms with Gasteiger partial charge in [0.15, 0.2) is 0 Å². The van der Waals surface area contributed by atoms with Gasteiger partial charge in [-0.05, 0) is 24.3 Å². The van der Waals surface area contributed by atoms with Crippen LogP contribution in [0.15, 0.2) is 30.3 Å². The van der Waals surface area contributed by atoms with Gasteiger partial charge >= 0.3 is 5.97 Å². The number of hydrogen-bond acceptors (Lipinski definition) is 10. The summed E-state index contributed by atoms with van der Waals surface area (Å²) in [6, 6.07) is 2.22. The molecule has 5 amide bonds. The van der Waals surface area contributed by atoms with Gasteiger partial charge in [0.1, 0.15) is 36.0 Å². The number of amides is 5. The Morgan fingerprint density at radius 3 is 2.17 bits per heavy atom. The number of cyclic esters (lactones) is 1. The molecule has 7 N–H and O–H groups in total. The van der Waals surface area contributed by atoms with Gasteiger partial charge in [-0.25, -0.2) is 0 Å². The molecule has 1 aromatic rings. The molecule has 17 heteroatoms. The normalized spacial score (nSPS) is 21.5. The zero-order valence-corrected chi connectivity index (χ0v) is 27.1. The number of benzene rings is 1. The van der Waals surface area contributed by atoms with Crippen LogP contribution in [0.4, 0.5) is 0 Å². The number of ether oxygens (including phenoxy) is 1. The van der Waals surface area contributed by atoms with Crippen LogP contribution in [-0.2, 0) is 50.0 Å². The second-order valence-electron chi connectivity index (χ2n) is 11.7. The Kier molecular flexibility index (Phi) is 14.1. The van der Waals surface area contributed by atoms with Crippen molar-refractivity contribution in [3.8, 4) is 0 Å². The van der Waals surface area contributed by atoms with Crippen molar-refractivity contribution in [3.05, 3.63) is 35.9 Å². The summed E-state index contributed by atoms with van der Waals surface area (Å²) in [6.45, 7) is 7.50. The molecule has 46 heavy (non-hydrogen) atoms. The second kappa shape index (κ2) is 17.0. The topological polar surface area (TPSA) is 246 Å². The predicted molar refractivity (Wildman–Crippen MR) is 163 cm³/mol. The zero-order chi connectivity index (χ0) is 34.8. The molecule has 6 atom stereocenters. The number of aliphatic hydroxyl groups is 1. The second-order valence-corrected chi connectivity index (χ2v) is 13.2. The molecule has 0 aromatic heterocycles. The fourth-order valence-corrected chi connectivity index (χ4v) is 5.17. The predicted octanol–water partition coefficient (Wildman–Crippen LogP) is -1.82. The molecule has 1 saturated heterocycles. The van der Waals surface area contributed by atoms with Crippen LogP contribution < -0.4 is 26.6 Å². The average Bonchev–Trinajstić information content (AvgIpc) is 2.96. The Balaban J connectivity index is 2.33. The van der Waals surface area contributed by atoms with E-state index in [0.29, 0.717) is 5.56 Å². The number of hydrogen-bond donors (Lipinski definition) is 7. The van der Waals surface area contributed by atoms with E-state index in [4.69, 9.17) is 4.74 Å². The number of carbonyl (C=O) groups excluding carboxylic acids is 6. The van der Waals surface area contributed by atoms with Gasteiger partial charge in [0.2, 0.25) is 29.5 Å². The Bertz CT molecular complexity index is 1370. The fourth-order valence-electron chi connectivity index (χ4n) is 4.51. The first-order chi connectivity index (χ1) is 21.4. The van der Waals surface area contributed by atoms with E-state index < -0.39 is 99.6 Å². The molecule has 0 saturated carbocycles. The zero-order valence-electron chi connectivity index (χ0n) is 26.3. The summed E-state index contributed by atoms with van der Waals surface area (Å²) < 4.78 is 38.5. The highest BCUT2D eigenvalue weighted by Gasteiger charge is 2.39. The molecular formula is C29H43N5O11S. The maximum absolute atomic E-state index is 13.4. The van der Waals surface area contributed by atoms with Gasteiger partial charge in [-0.2, -0.15) is 8.42 Å². The van der Waals surface area contributed by atoms with Crippen LogP contribution in [0.3, 0.4) is 0 Å². The van der Waals surface area contributed by atoms with E-state index in [1.54, 1.807) is 58.0 Å². The molecule has 1 aliphatic heterocycles. The maximum atomic E-state index is 13.4. The van der Waals surface area contributed by atoms with Crippen molar-refractivity contribution in [2.75, 3.05) is 12.3 Å². The van der Waals surface area contributed by atoms with Crippen LogP contribution in [0, 0.1) is 11.8 Å². The monoisotopic (exact) mass is 669 g/mol. The van der Waals surface area contributed by atoms with E-state index in [2.05, 4.69) is 26.6 Å². The maximum Gasteiger partial charge on any atom is 0.307 e. The molecule has 1 heterocycles. The van der Waals surface area contributed by atoms with Gasteiger partial charge < -0.3 is 36.4 Å². The lowest BCUT2D eigenvalue weighted by Gasteiger charge is -2.30. The van der Waals surface area contributed by atoms with Crippen LogP contribution in [0.2, 0.25) is 0 Å². The number of nitrogens with one attached hydrogen (secondary N) is 5. The number of carbonyl (C=O) groups is 6. The lowest BCUT2D eigenvalue weighted by molar-refractivity contribution is -0.152. The molecule has 1 aliphatic rings. The minimum Gasteiger partial charge on any atom is -0.460 e. The third kappa shape index (κ3) is 12.0. The van der Waals surface area contributed by atoms with Gasteiger partial charge in [-0.1, -0.05) is 58.0 Å². The Morgan fingerprint density at radius 1 is 0.978 bits per heavy atom. The Hall–Kier alpha value is -4.09. The van der Waals surface area contributed by atoms with Gasteiger partial charge in [0.05, 0.1) is 18.9 Å². The van der Waals surface area contributed by atoms with Crippen LogP contribution in [0.1, 0.15) is 46.6 Å². The molecular weight excluding hydrogens is 626 g/mol. The van der Waals surface area contributed by atoms with Crippen molar-refractivity contribution in [1.29, 1.82) is 0 Å². The van der Waals surface area contributed by atoms with E-state index in [9.17, 15) is 46.8 Å². The molecule has 0 bridgehead atoms. The summed E-state index contributed by atoms with van der Waals surface area (Å²) in [5.74, 6) is -7.80. The van der Waals surface area contributed by atoms with E-state index >= 15 is 0 Å². The third-order valence-electron chi connectivity index (χ3n) is 7.08. The smallest absolute Gasteiger partial charge is 0.307 e. The van der Waals surface area contributed by atoms with Crippen LogP contribution >= 0.6 is 0 Å². The Morgan fingerprint density at radius 2 is 1.61 bits per heavy atom. The van der Waals surface area contributed by atoms with Crippen molar-refractivity contribution in [1.82, 2.24) is 26.6 Å². The molecule has 16 nitrogen and oxygen atoms in total. The summed E-state index contributed by atoms with van der Waals surface area (Å²) in [6.07, 6.45) is -3.11. The molecule has 2 rings (SSSR count). The van der Waals surface area contributed by atoms with Crippen molar-refractivity contribution in [2.45, 2.75) is 83.8 Å². The third-order valence-corrected chi connectivity index (χ3v) is 7.84. The summed E-state index contributed by atoms with van der Waals surface area (Å²) >= 11 is 0. The van der Waals surface area contributed by atoms with Crippen molar-refractivity contribution in [3.63, 3.8) is 0 Å². The summed E-state index contributed by atoms with van der Waals surface area (Å²) in [7, 11) is -4.90. The van der Waals surface area contributed by atoms with Gasteiger partial charge in [0, 0.05) is 6.54 Å². The summed E-state index contributed by atoms with van der Waals surface area (Å²) in [5.41, 5.74) is 0.668. The minimum absolute atomic E-state index is 0.0653. The quantitative estimate of drug-likeness (QED) is 0.0965. The van der Waals surface area contributed by atoms with Crippen LogP contribution in [0.5, 0.6) is 0 Å². The SMILES string of the molecule is CC(C)C(NC(=O)Cc1ccccc1)C(=O)NC(CS(=O)(=O)O)C(=O)NC1C(=O)NC(C(O)C(C)C)C(=O)NCCC(=O)OC1C. The molecule has 0 radical (unpaired) electrons. The first-order valence-corrected chi connectivity index (χ1v) is 16.3. The average molecular weight is 670 g/mol. The standard InChI is InChI=1S/C29H43N5O11S/c1-15(2)22(32-20(35)13-18-9-7-6-8-10-18)28(40)31-19(14-46(42,43)44)26(38)33-23-17(5)45-21(36)11-12-30-27(39)24(34-29(23)41)25(37)16(3)4/h6-10,15-17,19,22-25,37H,11-14H2,1-5H3,(H,30,39)(H,31,40)(H,32,35)(H,33,38)(H,34,41)(H,42,43,44). The van der Waals surface area contributed by atoms with Crippen LogP contribution in [-0.4, -0.2) is 102 Å². The highest BCUT2D eigenvalue weighted by molar-refractivity contribution is 7.85. The highest BCUT2D eigenvalue weighted by Crippen LogP contribution is 2.11. The Labute approximate surface area is 267 Å². The minimum atomic E-state index is -4.90. The number of rotatable bonds is 12. The van der Waals surface area contributed by atoms with E-state index in [0.717, 1.165) is 0 Å². The van der Waals surface area contributed by atoms with Gasteiger partial charge in [-0.3, -0.25) is 33.3 Å². The number of aliphatic hydroxyl groups excluding tert-OH is 1.